The molecule has 0 amide bonds. The Kier molecular flexibility index (Phi) is 3.01. The Balaban J connectivity index is 3.08. The summed E-state index contributed by atoms with van der Waals surface area (Å²) in [6.45, 7) is 3.84. The van der Waals surface area contributed by atoms with Crippen LogP contribution in [0.5, 0.6) is 0 Å². The predicted octanol–water partition coefficient (Wildman–Crippen LogP) is 0.520. The Morgan fingerprint density at radius 1 is 1.64 bits per heavy atom. The zero-order valence-corrected chi connectivity index (χ0v) is 8.07. The van der Waals surface area contributed by atoms with Gasteiger partial charge in [0.15, 0.2) is 0 Å². The van der Waals surface area contributed by atoms with E-state index in [2.05, 4.69) is 10.2 Å². The Labute approximate surface area is 80.8 Å². The van der Waals surface area contributed by atoms with Crippen molar-refractivity contribution in [2.24, 2.45) is 0 Å². The molecule has 76 valence electrons. The molecule has 1 heterocycles. The van der Waals surface area contributed by atoms with E-state index in [0.717, 1.165) is 0 Å². The molecule has 0 saturated carbocycles. The number of carboxylic acids is 1. The van der Waals surface area contributed by atoms with Crippen LogP contribution in [-0.2, 0) is 11.2 Å². The summed E-state index contributed by atoms with van der Waals surface area (Å²) >= 11 is 0. The molecule has 0 spiro atoms. The molecular weight excluding hydrogens is 184 g/mol. The van der Waals surface area contributed by atoms with Gasteiger partial charge in [0, 0.05) is 5.56 Å². The van der Waals surface area contributed by atoms with Crippen LogP contribution in [0.2, 0.25) is 0 Å². The summed E-state index contributed by atoms with van der Waals surface area (Å²) in [5, 5.41) is 14.6. The third-order valence-electron chi connectivity index (χ3n) is 1.83. The van der Waals surface area contributed by atoms with Gasteiger partial charge >= 0.3 is 5.97 Å². The first kappa shape index (κ1) is 10.4. The maximum Gasteiger partial charge on any atom is 0.308 e. The lowest BCUT2D eigenvalue weighted by Gasteiger charge is -2.04. The zero-order chi connectivity index (χ0) is 10.7. The highest BCUT2D eigenvalue weighted by Gasteiger charge is 2.09. The predicted molar refractivity (Wildman–Crippen MR) is 50.3 cm³/mol. The number of aliphatic carboxylic acids is 1. The number of nitrogens with zero attached hydrogens (tertiary/aromatic N) is 1. The molecular formula is C9H12N2O3. The Hall–Kier alpha value is -1.65. The topological polar surface area (TPSA) is 83.0 Å². The summed E-state index contributed by atoms with van der Waals surface area (Å²) < 4.78 is 0. The third-order valence-corrected chi connectivity index (χ3v) is 1.83. The minimum Gasteiger partial charge on any atom is -0.481 e. The van der Waals surface area contributed by atoms with Crippen LogP contribution in [0.25, 0.3) is 0 Å². The second-order valence-corrected chi connectivity index (χ2v) is 3.37. The molecule has 0 saturated heterocycles. The Morgan fingerprint density at radius 3 is 2.79 bits per heavy atom. The first-order valence-electron chi connectivity index (χ1n) is 4.31. The van der Waals surface area contributed by atoms with Crippen LogP contribution >= 0.6 is 0 Å². The molecule has 0 aliphatic heterocycles. The van der Waals surface area contributed by atoms with Crippen molar-refractivity contribution in [1.82, 2.24) is 10.2 Å². The summed E-state index contributed by atoms with van der Waals surface area (Å²) in [7, 11) is 0. The largest absolute Gasteiger partial charge is 0.481 e. The molecule has 1 rings (SSSR count). The van der Waals surface area contributed by atoms with Crippen LogP contribution in [0.4, 0.5) is 0 Å². The SMILES string of the molecule is CC(C)c1cc(CC(=O)O)c(=O)[nH]n1. The van der Waals surface area contributed by atoms with Crippen molar-refractivity contribution in [3.05, 3.63) is 27.7 Å². The van der Waals surface area contributed by atoms with Gasteiger partial charge in [-0.3, -0.25) is 9.59 Å². The highest BCUT2D eigenvalue weighted by Crippen LogP contribution is 2.09. The van der Waals surface area contributed by atoms with E-state index in [4.69, 9.17) is 5.11 Å². The third kappa shape index (κ3) is 2.42. The second-order valence-electron chi connectivity index (χ2n) is 3.37. The Morgan fingerprint density at radius 2 is 2.29 bits per heavy atom. The van der Waals surface area contributed by atoms with E-state index < -0.39 is 11.5 Å². The first-order valence-corrected chi connectivity index (χ1v) is 4.31. The lowest BCUT2D eigenvalue weighted by atomic mass is 10.1. The van der Waals surface area contributed by atoms with Gasteiger partial charge in [-0.05, 0) is 12.0 Å². The maximum absolute atomic E-state index is 11.1. The number of nitrogens with one attached hydrogen (secondary N) is 1. The summed E-state index contributed by atoms with van der Waals surface area (Å²) in [5.41, 5.74) is 0.508. The van der Waals surface area contributed by atoms with Gasteiger partial charge < -0.3 is 5.11 Å². The summed E-state index contributed by atoms with van der Waals surface area (Å²) in [6.07, 6.45) is -0.266. The number of aromatic amines is 1. The molecule has 5 nitrogen and oxygen atoms in total. The summed E-state index contributed by atoms with van der Waals surface area (Å²) in [6, 6.07) is 1.54. The van der Waals surface area contributed by atoms with Crippen LogP contribution in [0.15, 0.2) is 10.9 Å². The Bertz CT molecular complexity index is 395. The van der Waals surface area contributed by atoms with Crippen molar-refractivity contribution >= 4 is 5.97 Å². The van der Waals surface area contributed by atoms with Crippen LogP contribution in [0.1, 0.15) is 31.0 Å². The van der Waals surface area contributed by atoms with Gasteiger partial charge in [0.25, 0.3) is 5.56 Å². The molecule has 0 radical (unpaired) electrons. The van der Waals surface area contributed by atoms with Crippen molar-refractivity contribution in [2.45, 2.75) is 26.2 Å². The van der Waals surface area contributed by atoms with E-state index in [0.29, 0.717) is 5.69 Å². The van der Waals surface area contributed by atoms with Crippen molar-refractivity contribution in [2.75, 3.05) is 0 Å². The molecule has 0 aromatic carbocycles. The van der Waals surface area contributed by atoms with E-state index >= 15 is 0 Å². The van der Waals surface area contributed by atoms with Gasteiger partial charge in [0.05, 0.1) is 12.1 Å². The number of carboxylic acid groups (broad SMARTS) is 1. The summed E-state index contributed by atoms with van der Waals surface area (Å²) in [5.74, 6) is -0.851. The number of carbonyl (C=O) groups is 1. The van der Waals surface area contributed by atoms with Crippen molar-refractivity contribution in [3.8, 4) is 0 Å². The van der Waals surface area contributed by atoms with Gasteiger partial charge in [-0.2, -0.15) is 5.10 Å². The average Bonchev–Trinajstić information content (AvgIpc) is 2.07. The number of aromatic nitrogens is 2. The van der Waals surface area contributed by atoms with Crippen LogP contribution in [0, 0.1) is 0 Å². The molecule has 0 atom stereocenters. The van der Waals surface area contributed by atoms with E-state index in [1.54, 1.807) is 0 Å². The molecule has 0 unspecified atom stereocenters. The maximum atomic E-state index is 11.1. The quantitative estimate of drug-likeness (QED) is 0.738. The minimum atomic E-state index is -1.02. The molecule has 14 heavy (non-hydrogen) atoms. The van der Waals surface area contributed by atoms with Crippen molar-refractivity contribution in [1.29, 1.82) is 0 Å². The van der Waals surface area contributed by atoms with Crippen LogP contribution < -0.4 is 5.56 Å². The van der Waals surface area contributed by atoms with E-state index in [1.807, 2.05) is 13.8 Å². The fourth-order valence-electron chi connectivity index (χ4n) is 1.05. The van der Waals surface area contributed by atoms with Crippen LogP contribution in [-0.4, -0.2) is 21.3 Å². The molecule has 2 N–H and O–H groups in total. The standard InChI is InChI=1S/C9H12N2O3/c1-5(2)7-3-6(4-8(12)13)9(14)11-10-7/h3,5H,4H2,1-2H3,(H,11,14)(H,12,13). The zero-order valence-electron chi connectivity index (χ0n) is 8.07. The van der Waals surface area contributed by atoms with Crippen LogP contribution in [0.3, 0.4) is 0 Å². The molecule has 0 aliphatic carbocycles. The molecule has 0 fully saturated rings. The minimum absolute atomic E-state index is 0.166. The van der Waals surface area contributed by atoms with Gasteiger partial charge in [-0.25, -0.2) is 5.10 Å². The summed E-state index contributed by atoms with van der Waals surface area (Å²) in [4.78, 5) is 21.6. The monoisotopic (exact) mass is 196 g/mol. The number of hydrogen-bond acceptors (Lipinski definition) is 3. The molecule has 0 bridgehead atoms. The fraction of sp³-hybridized carbons (Fsp3) is 0.444. The molecule has 5 heteroatoms. The van der Waals surface area contributed by atoms with Gasteiger partial charge in [0.2, 0.25) is 0 Å². The number of H-pyrrole nitrogens is 1. The van der Waals surface area contributed by atoms with Crippen molar-refractivity contribution < 1.29 is 9.90 Å². The number of hydrogen-bond donors (Lipinski definition) is 2. The molecule has 1 aromatic rings. The highest BCUT2D eigenvalue weighted by molar-refractivity contribution is 5.69. The molecule has 1 aromatic heterocycles. The smallest absolute Gasteiger partial charge is 0.308 e. The highest BCUT2D eigenvalue weighted by atomic mass is 16.4. The van der Waals surface area contributed by atoms with E-state index in [9.17, 15) is 9.59 Å². The van der Waals surface area contributed by atoms with Gasteiger partial charge in [0.1, 0.15) is 0 Å². The lowest BCUT2D eigenvalue weighted by molar-refractivity contribution is -0.136. The second kappa shape index (κ2) is 4.04. The van der Waals surface area contributed by atoms with E-state index in [-0.39, 0.29) is 17.9 Å². The first-order chi connectivity index (χ1) is 6.50. The normalized spacial score (nSPS) is 10.5. The van der Waals surface area contributed by atoms with Gasteiger partial charge in [-0.1, -0.05) is 13.8 Å². The number of rotatable bonds is 3. The fourth-order valence-corrected chi connectivity index (χ4v) is 1.05. The lowest BCUT2D eigenvalue weighted by Crippen LogP contribution is -2.18. The van der Waals surface area contributed by atoms with Crippen molar-refractivity contribution in [3.63, 3.8) is 0 Å². The molecule has 0 aliphatic rings. The van der Waals surface area contributed by atoms with E-state index in [1.165, 1.54) is 6.07 Å². The van der Waals surface area contributed by atoms with Gasteiger partial charge in [-0.15, -0.1) is 0 Å². The average molecular weight is 196 g/mol.